The van der Waals surface area contributed by atoms with Crippen LogP contribution in [0.4, 0.5) is 14.5 Å². The van der Waals surface area contributed by atoms with Gasteiger partial charge in [0.1, 0.15) is 11.5 Å². The number of hydrogen-bond acceptors (Lipinski definition) is 6. The number of benzene rings is 3. The van der Waals surface area contributed by atoms with E-state index < -0.39 is 22.5 Å². The number of nitrogens with one attached hydrogen (secondary N) is 2. The van der Waals surface area contributed by atoms with Gasteiger partial charge in [-0.25, -0.2) is 13.8 Å². The van der Waals surface area contributed by atoms with E-state index in [1.807, 2.05) is 0 Å². The first-order valence-electron chi connectivity index (χ1n) is 9.42. The Kier molecular flexibility index (Phi) is 7.57. The molecule has 0 aliphatic carbocycles. The monoisotopic (exact) mass is 475 g/mol. The van der Waals surface area contributed by atoms with Crippen LogP contribution in [0.5, 0.6) is 11.5 Å². The molecule has 1 amide bonds. The lowest BCUT2D eigenvalue weighted by atomic mass is 10.2. The van der Waals surface area contributed by atoms with E-state index in [1.54, 1.807) is 18.2 Å². The third kappa shape index (κ3) is 6.50. The van der Waals surface area contributed by atoms with Crippen molar-refractivity contribution in [3.8, 4) is 11.5 Å². The van der Waals surface area contributed by atoms with Crippen molar-refractivity contribution >= 4 is 27.8 Å². The number of amides is 1. The molecule has 33 heavy (non-hydrogen) atoms. The van der Waals surface area contributed by atoms with E-state index in [4.69, 9.17) is 4.74 Å². The Morgan fingerprint density at radius 1 is 1.03 bits per heavy atom. The molecule has 0 saturated heterocycles. The van der Waals surface area contributed by atoms with Gasteiger partial charge in [-0.15, -0.1) is 0 Å². The zero-order chi connectivity index (χ0) is 23.8. The van der Waals surface area contributed by atoms with Gasteiger partial charge in [-0.2, -0.15) is 13.9 Å². The molecule has 3 aromatic carbocycles. The molecule has 0 radical (unpaired) electrons. The summed E-state index contributed by atoms with van der Waals surface area (Å²) in [4.78, 5) is 12.3. The summed E-state index contributed by atoms with van der Waals surface area (Å²) in [6.45, 7) is -3.01. The number of para-hydroxylation sites is 1. The van der Waals surface area contributed by atoms with Gasteiger partial charge in [0.2, 0.25) is 0 Å². The first-order valence-corrected chi connectivity index (χ1v) is 10.9. The van der Waals surface area contributed by atoms with E-state index >= 15 is 0 Å². The molecule has 0 aromatic heterocycles. The van der Waals surface area contributed by atoms with Crippen molar-refractivity contribution in [3.05, 3.63) is 83.9 Å². The molecule has 0 unspecified atom stereocenters. The first kappa shape index (κ1) is 23.7. The summed E-state index contributed by atoms with van der Waals surface area (Å²) in [7, 11) is -2.47. The van der Waals surface area contributed by atoms with Gasteiger partial charge in [0.15, 0.2) is 0 Å². The molecule has 0 fully saturated rings. The predicted molar refractivity (Wildman–Crippen MR) is 118 cm³/mol. The summed E-state index contributed by atoms with van der Waals surface area (Å²) in [6, 6.07) is 17.5. The molecular formula is C22H19F2N3O5S. The summed E-state index contributed by atoms with van der Waals surface area (Å²) in [5.74, 6) is -0.233. The fourth-order valence-electron chi connectivity index (χ4n) is 2.69. The summed E-state index contributed by atoms with van der Waals surface area (Å²) in [5, 5.41) is 3.74. The number of rotatable bonds is 9. The molecule has 8 nitrogen and oxygen atoms in total. The average Bonchev–Trinajstić information content (AvgIpc) is 2.80. The van der Waals surface area contributed by atoms with Crippen molar-refractivity contribution in [2.45, 2.75) is 11.5 Å². The van der Waals surface area contributed by atoms with E-state index in [1.165, 1.54) is 61.7 Å². The standard InChI is InChI=1S/C22H19F2N3O5S/c1-31-18-11-9-17(10-12-18)27-33(29,30)19-7-4-6-15(13-19)21(28)26-25-14-16-5-2-3-8-20(16)32-22(23)24/h2-14,22,27H,1H3,(H,26,28)/b25-14+. The van der Waals surface area contributed by atoms with Crippen LogP contribution in [0.2, 0.25) is 0 Å². The number of nitrogens with zero attached hydrogens (tertiary/aromatic N) is 1. The maximum Gasteiger partial charge on any atom is 0.387 e. The molecule has 11 heteroatoms. The normalized spacial score (nSPS) is 11.4. The topological polar surface area (TPSA) is 106 Å². The highest BCUT2D eigenvalue weighted by Gasteiger charge is 2.17. The van der Waals surface area contributed by atoms with Crippen LogP contribution in [0, 0.1) is 0 Å². The molecule has 0 heterocycles. The van der Waals surface area contributed by atoms with Crippen LogP contribution in [0.25, 0.3) is 0 Å². The Labute approximate surface area is 188 Å². The fourth-order valence-corrected chi connectivity index (χ4v) is 3.80. The van der Waals surface area contributed by atoms with Gasteiger partial charge in [0.05, 0.1) is 18.2 Å². The maximum atomic E-state index is 12.7. The maximum absolute atomic E-state index is 12.7. The summed E-state index contributed by atoms with van der Waals surface area (Å²) in [6.07, 6.45) is 1.14. The highest BCUT2D eigenvalue weighted by atomic mass is 32.2. The largest absolute Gasteiger partial charge is 0.497 e. The number of hydrogen-bond donors (Lipinski definition) is 2. The van der Waals surface area contributed by atoms with Gasteiger partial charge in [0.25, 0.3) is 15.9 Å². The van der Waals surface area contributed by atoms with Gasteiger partial charge in [0, 0.05) is 16.8 Å². The summed E-state index contributed by atoms with van der Waals surface area (Å²) < 4.78 is 62.2. The van der Waals surface area contributed by atoms with Gasteiger partial charge >= 0.3 is 6.61 Å². The second-order valence-corrected chi connectivity index (χ2v) is 8.16. The number of carbonyl (C=O) groups excluding carboxylic acids is 1. The number of anilines is 1. The second-order valence-electron chi connectivity index (χ2n) is 6.48. The van der Waals surface area contributed by atoms with Gasteiger partial charge < -0.3 is 9.47 Å². The van der Waals surface area contributed by atoms with Crippen molar-refractivity contribution in [2.24, 2.45) is 5.10 Å². The quantitative estimate of drug-likeness (QED) is 0.361. The van der Waals surface area contributed by atoms with Crippen molar-refractivity contribution in [1.82, 2.24) is 5.43 Å². The van der Waals surface area contributed by atoms with E-state index in [9.17, 15) is 22.0 Å². The number of sulfonamides is 1. The molecular weight excluding hydrogens is 456 g/mol. The Morgan fingerprint density at radius 3 is 2.45 bits per heavy atom. The van der Waals surface area contributed by atoms with E-state index in [0.717, 1.165) is 6.21 Å². The summed E-state index contributed by atoms with van der Waals surface area (Å²) >= 11 is 0. The number of carbonyl (C=O) groups is 1. The Bertz CT molecular complexity index is 1250. The average molecular weight is 475 g/mol. The van der Waals surface area contributed by atoms with E-state index in [2.05, 4.69) is 20.0 Å². The van der Waals surface area contributed by atoms with Crippen LogP contribution >= 0.6 is 0 Å². The molecule has 3 aromatic rings. The van der Waals surface area contributed by atoms with Crippen molar-refractivity contribution in [1.29, 1.82) is 0 Å². The Balaban J connectivity index is 1.71. The molecule has 0 aliphatic rings. The van der Waals surface area contributed by atoms with Crippen LogP contribution in [0.3, 0.4) is 0 Å². The minimum atomic E-state index is -3.97. The fraction of sp³-hybridized carbons (Fsp3) is 0.0909. The zero-order valence-electron chi connectivity index (χ0n) is 17.2. The van der Waals surface area contributed by atoms with Crippen molar-refractivity contribution in [2.75, 3.05) is 11.8 Å². The third-order valence-corrected chi connectivity index (χ3v) is 5.63. The van der Waals surface area contributed by atoms with Crippen molar-refractivity contribution < 1.29 is 31.5 Å². The van der Waals surface area contributed by atoms with Crippen LogP contribution in [0.15, 0.2) is 82.8 Å². The SMILES string of the molecule is COc1ccc(NS(=O)(=O)c2cccc(C(=O)N/N=C/c3ccccc3OC(F)F)c2)cc1. The molecule has 0 aliphatic heterocycles. The van der Waals surface area contributed by atoms with Crippen LogP contribution in [0.1, 0.15) is 15.9 Å². The molecule has 172 valence electrons. The van der Waals surface area contributed by atoms with E-state index in [0.29, 0.717) is 11.4 Å². The lowest BCUT2D eigenvalue weighted by Gasteiger charge is -2.10. The lowest BCUT2D eigenvalue weighted by Crippen LogP contribution is -2.19. The van der Waals surface area contributed by atoms with Gasteiger partial charge in [-0.05, 0) is 54.6 Å². The zero-order valence-corrected chi connectivity index (χ0v) is 18.1. The molecule has 0 bridgehead atoms. The first-order chi connectivity index (χ1) is 15.8. The molecule has 3 rings (SSSR count). The lowest BCUT2D eigenvalue weighted by molar-refractivity contribution is -0.0499. The number of methoxy groups -OCH3 is 1. The predicted octanol–water partition coefficient (Wildman–Crippen LogP) is 3.86. The smallest absolute Gasteiger partial charge is 0.387 e. The highest BCUT2D eigenvalue weighted by molar-refractivity contribution is 7.92. The number of alkyl halides is 2. The van der Waals surface area contributed by atoms with Crippen LogP contribution in [-0.4, -0.2) is 34.3 Å². The summed E-state index contributed by atoms with van der Waals surface area (Å²) in [5.41, 5.74) is 2.80. The second kappa shape index (κ2) is 10.6. The molecule has 2 N–H and O–H groups in total. The Hall–Kier alpha value is -3.99. The number of hydrazone groups is 1. The van der Waals surface area contributed by atoms with Gasteiger partial charge in [-0.3, -0.25) is 9.52 Å². The van der Waals surface area contributed by atoms with Crippen LogP contribution in [-0.2, 0) is 10.0 Å². The molecule has 0 atom stereocenters. The van der Waals surface area contributed by atoms with Gasteiger partial charge in [-0.1, -0.05) is 18.2 Å². The van der Waals surface area contributed by atoms with E-state index in [-0.39, 0.29) is 21.8 Å². The number of halogens is 2. The third-order valence-electron chi connectivity index (χ3n) is 4.25. The highest BCUT2D eigenvalue weighted by Crippen LogP contribution is 2.20. The minimum absolute atomic E-state index is 0.0295. The van der Waals surface area contributed by atoms with Crippen LogP contribution < -0.4 is 19.6 Å². The minimum Gasteiger partial charge on any atom is -0.497 e. The van der Waals surface area contributed by atoms with Crippen molar-refractivity contribution in [3.63, 3.8) is 0 Å². The molecule has 0 saturated carbocycles. The molecule has 0 spiro atoms. The Morgan fingerprint density at radius 2 is 1.76 bits per heavy atom. The number of ether oxygens (including phenoxy) is 2.